The maximum absolute atomic E-state index is 11.7. The third-order valence-corrected chi connectivity index (χ3v) is 2.44. The fourth-order valence-electron chi connectivity index (χ4n) is 1.69. The van der Waals surface area contributed by atoms with Gasteiger partial charge in [0.05, 0.1) is 5.69 Å². The molecule has 2 heterocycles. The highest BCUT2D eigenvalue weighted by molar-refractivity contribution is 5.20. The second-order valence-electron chi connectivity index (χ2n) is 3.50. The summed E-state index contributed by atoms with van der Waals surface area (Å²) >= 11 is 0. The van der Waals surface area contributed by atoms with Gasteiger partial charge in [0.1, 0.15) is 12.4 Å². The number of ether oxygens (including phenoxy) is 1. The number of rotatable bonds is 3. The molecule has 0 atom stereocenters. The predicted molar refractivity (Wildman–Crippen MR) is 55.6 cm³/mol. The molecule has 0 aliphatic carbocycles. The Morgan fingerprint density at radius 1 is 1.53 bits per heavy atom. The molecule has 0 spiro atoms. The Bertz CT molecular complexity index is 400. The highest BCUT2D eigenvalue weighted by Crippen LogP contribution is 2.06. The van der Waals surface area contributed by atoms with E-state index in [0.717, 1.165) is 24.2 Å². The van der Waals surface area contributed by atoms with E-state index in [4.69, 9.17) is 4.74 Å². The van der Waals surface area contributed by atoms with Crippen molar-refractivity contribution >= 4 is 0 Å². The topological polar surface area (TPSA) is 67.0 Å². The van der Waals surface area contributed by atoms with Gasteiger partial charge in [-0.1, -0.05) is 0 Å². The van der Waals surface area contributed by atoms with E-state index in [1.165, 1.54) is 0 Å². The van der Waals surface area contributed by atoms with Crippen molar-refractivity contribution in [2.45, 2.75) is 26.5 Å². The van der Waals surface area contributed by atoms with Crippen molar-refractivity contribution in [3.05, 3.63) is 27.4 Å². The first-order chi connectivity index (χ1) is 7.31. The van der Waals surface area contributed by atoms with Crippen molar-refractivity contribution in [1.82, 2.24) is 15.3 Å². The fraction of sp³-hybridized carbons (Fsp3) is 0.600. The first-order valence-electron chi connectivity index (χ1n) is 5.20. The van der Waals surface area contributed by atoms with Crippen LogP contribution in [0, 0.1) is 0 Å². The number of nitrogens with one attached hydrogen (secondary N) is 2. The average Bonchev–Trinajstić information content (AvgIpc) is 2.26. The van der Waals surface area contributed by atoms with Gasteiger partial charge in [0.2, 0.25) is 0 Å². The highest BCUT2D eigenvalue weighted by atomic mass is 16.5. The number of H-pyrrole nitrogens is 1. The van der Waals surface area contributed by atoms with Crippen LogP contribution >= 0.6 is 0 Å². The quantitative estimate of drug-likeness (QED) is 0.732. The van der Waals surface area contributed by atoms with Crippen molar-refractivity contribution in [2.24, 2.45) is 0 Å². The monoisotopic (exact) mass is 209 g/mol. The molecule has 0 unspecified atom stereocenters. The van der Waals surface area contributed by atoms with Gasteiger partial charge in [-0.25, -0.2) is 4.98 Å². The largest absolute Gasteiger partial charge is 0.374 e. The minimum absolute atomic E-state index is 0.0174. The summed E-state index contributed by atoms with van der Waals surface area (Å²) in [6, 6.07) is 0. The molecule has 0 aromatic carbocycles. The molecule has 1 aliphatic rings. The number of nitrogens with zero attached hydrogens (tertiary/aromatic N) is 1. The standard InChI is InChI=1S/C10H15N3O2/c1-2-15-6-9-12-8-5-11-4-3-7(8)10(14)13-9/h11H,2-6H2,1H3,(H,12,13,14). The first kappa shape index (κ1) is 10.3. The molecule has 0 saturated carbocycles. The maximum atomic E-state index is 11.7. The second-order valence-corrected chi connectivity index (χ2v) is 3.50. The van der Waals surface area contributed by atoms with Gasteiger partial charge in [0.15, 0.2) is 0 Å². The third-order valence-electron chi connectivity index (χ3n) is 2.44. The smallest absolute Gasteiger partial charge is 0.254 e. The van der Waals surface area contributed by atoms with Crippen LogP contribution in [0.25, 0.3) is 0 Å². The summed E-state index contributed by atoms with van der Waals surface area (Å²) < 4.78 is 5.21. The van der Waals surface area contributed by atoms with Crippen LogP contribution < -0.4 is 10.9 Å². The Labute approximate surface area is 87.9 Å². The van der Waals surface area contributed by atoms with Crippen molar-refractivity contribution in [3.63, 3.8) is 0 Å². The average molecular weight is 209 g/mol. The van der Waals surface area contributed by atoms with Gasteiger partial charge in [-0.15, -0.1) is 0 Å². The lowest BCUT2D eigenvalue weighted by Crippen LogP contribution is -2.32. The van der Waals surface area contributed by atoms with Crippen LogP contribution in [0.3, 0.4) is 0 Å². The maximum Gasteiger partial charge on any atom is 0.254 e. The molecule has 0 amide bonds. The van der Waals surface area contributed by atoms with E-state index < -0.39 is 0 Å². The summed E-state index contributed by atoms with van der Waals surface area (Å²) in [6.45, 7) is 4.44. The van der Waals surface area contributed by atoms with Gasteiger partial charge in [-0.2, -0.15) is 0 Å². The van der Waals surface area contributed by atoms with Gasteiger partial charge in [0, 0.05) is 18.7 Å². The Kier molecular flexibility index (Phi) is 3.13. The molecule has 5 heteroatoms. The molecule has 1 aromatic rings. The van der Waals surface area contributed by atoms with Crippen molar-refractivity contribution in [1.29, 1.82) is 0 Å². The molecule has 0 saturated heterocycles. The van der Waals surface area contributed by atoms with Crippen LogP contribution in [0.2, 0.25) is 0 Å². The van der Waals surface area contributed by atoms with Crippen molar-refractivity contribution in [3.8, 4) is 0 Å². The summed E-state index contributed by atoms with van der Waals surface area (Å²) in [5.41, 5.74) is 1.66. The van der Waals surface area contributed by atoms with Crippen LogP contribution in [-0.2, 0) is 24.3 Å². The number of aromatic nitrogens is 2. The van der Waals surface area contributed by atoms with E-state index in [0.29, 0.717) is 25.6 Å². The van der Waals surface area contributed by atoms with Crippen LogP contribution in [0.15, 0.2) is 4.79 Å². The summed E-state index contributed by atoms with van der Waals surface area (Å²) in [6.07, 6.45) is 0.757. The highest BCUT2D eigenvalue weighted by Gasteiger charge is 2.14. The van der Waals surface area contributed by atoms with E-state index in [1.807, 2.05) is 6.92 Å². The Morgan fingerprint density at radius 2 is 2.40 bits per heavy atom. The Hall–Kier alpha value is -1.20. The number of fused-ring (bicyclic) bond motifs is 1. The van der Waals surface area contributed by atoms with E-state index in [-0.39, 0.29) is 5.56 Å². The van der Waals surface area contributed by atoms with Crippen LogP contribution in [0.1, 0.15) is 24.0 Å². The summed E-state index contributed by atoms with van der Waals surface area (Å²) in [5, 5.41) is 3.20. The van der Waals surface area contributed by atoms with Crippen LogP contribution in [0.4, 0.5) is 0 Å². The van der Waals surface area contributed by atoms with Gasteiger partial charge in [-0.05, 0) is 19.9 Å². The lowest BCUT2D eigenvalue weighted by atomic mass is 10.1. The second kappa shape index (κ2) is 4.55. The molecule has 1 aromatic heterocycles. The predicted octanol–water partition coefficient (Wildman–Crippen LogP) is -0.0479. The molecular formula is C10H15N3O2. The van der Waals surface area contributed by atoms with E-state index in [1.54, 1.807) is 0 Å². The van der Waals surface area contributed by atoms with Gasteiger partial charge in [-0.3, -0.25) is 4.79 Å². The lowest BCUT2D eigenvalue weighted by Gasteiger charge is -2.15. The fourth-order valence-corrected chi connectivity index (χ4v) is 1.69. The van der Waals surface area contributed by atoms with E-state index >= 15 is 0 Å². The number of hydrogen-bond donors (Lipinski definition) is 2. The molecule has 0 fully saturated rings. The molecule has 15 heavy (non-hydrogen) atoms. The summed E-state index contributed by atoms with van der Waals surface area (Å²) in [7, 11) is 0. The van der Waals surface area contributed by atoms with Crippen molar-refractivity contribution in [2.75, 3.05) is 13.2 Å². The first-order valence-corrected chi connectivity index (χ1v) is 5.20. The zero-order chi connectivity index (χ0) is 10.7. The molecule has 1 aliphatic heterocycles. The third kappa shape index (κ3) is 2.24. The van der Waals surface area contributed by atoms with Gasteiger partial charge < -0.3 is 15.0 Å². The van der Waals surface area contributed by atoms with Crippen LogP contribution in [-0.4, -0.2) is 23.1 Å². The SMILES string of the molecule is CCOCc1nc2c(c(=O)[nH]1)CCNC2. The molecule has 0 bridgehead atoms. The summed E-state index contributed by atoms with van der Waals surface area (Å²) in [4.78, 5) is 18.8. The van der Waals surface area contributed by atoms with E-state index in [9.17, 15) is 4.79 Å². The zero-order valence-corrected chi connectivity index (χ0v) is 8.80. The Morgan fingerprint density at radius 3 is 3.20 bits per heavy atom. The van der Waals surface area contributed by atoms with Gasteiger partial charge >= 0.3 is 0 Å². The van der Waals surface area contributed by atoms with Crippen LogP contribution in [0.5, 0.6) is 0 Å². The van der Waals surface area contributed by atoms with Gasteiger partial charge in [0.25, 0.3) is 5.56 Å². The number of hydrogen-bond acceptors (Lipinski definition) is 4. The molecule has 5 nitrogen and oxygen atoms in total. The molecule has 0 radical (unpaired) electrons. The summed E-state index contributed by atoms with van der Waals surface area (Å²) in [5.74, 6) is 0.615. The normalized spacial score (nSPS) is 15.0. The lowest BCUT2D eigenvalue weighted by molar-refractivity contribution is 0.127. The minimum atomic E-state index is -0.0174. The molecule has 82 valence electrons. The minimum Gasteiger partial charge on any atom is -0.374 e. The van der Waals surface area contributed by atoms with Crippen molar-refractivity contribution < 1.29 is 4.74 Å². The molecular weight excluding hydrogens is 194 g/mol. The zero-order valence-electron chi connectivity index (χ0n) is 8.80. The molecule has 2 N–H and O–H groups in total. The number of aromatic amines is 1. The Balaban J connectivity index is 2.28. The van der Waals surface area contributed by atoms with E-state index in [2.05, 4.69) is 15.3 Å². The molecule has 2 rings (SSSR count).